The van der Waals surface area contributed by atoms with Gasteiger partial charge in [-0.15, -0.1) is 0 Å². The number of benzene rings is 4. The maximum absolute atomic E-state index is 13.1. The van der Waals surface area contributed by atoms with Crippen LogP contribution in [0.25, 0.3) is 0 Å². The smallest absolute Gasteiger partial charge is 0.337 e. The summed E-state index contributed by atoms with van der Waals surface area (Å²) >= 11 is 0. The number of anilines is 1. The molecule has 1 amide bonds. The molecule has 0 bridgehead atoms. The highest BCUT2D eigenvalue weighted by molar-refractivity contribution is 6.06. The van der Waals surface area contributed by atoms with E-state index in [1.54, 1.807) is 0 Å². The molecule has 4 aromatic rings. The van der Waals surface area contributed by atoms with Gasteiger partial charge in [0.25, 0.3) is 5.91 Å². The minimum absolute atomic E-state index is 0.0342. The maximum Gasteiger partial charge on any atom is 0.337 e. The zero-order chi connectivity index (χ0) is 26.9. The summed E-state index contributed by atoms with van der Waals surface area (Å²) in [6, 6.07) is 27.0. The van der Waals surface area contributed by atoms with Crippen molar-refractivity contribution in [2.24, 2.45) is 0 Å². The van der Waals surface area contributed by atoms with E-state index in [9.17, 15) is 19.7 Å². The lowest BCUT2D eigenvalue weighted by Gasteiger charge is -2.14. The molecule has 0 heterocycles. The molecule has 0 aliphatic rings. The molecule has 0 radical (unpaired) electrons. The van der Waals surface area contributed by atoms with Crippen LogP contribution in [0.5, 0.6) is 11.5 Å². The molecule has 1 N–H and O–H groups in total. The van der Waals surface area contributed by atoms with E-state index in [0.29, 0.717) is 5.69 Å². The average Bonchev–Trinajstić information content (AvgIpc) is 2.95. The van der Waals surface area contributed by atoms with Crippen LogP contribution in [-0.2, 0) is 18.0 Å². The zero-order valence-electron chi connectivity index (χ0n) is 20.5. The second-order valence-electron chi connectivity index (χ2n) is 8.14. The van der Waals surface area contributed by atoms with Crippen LogP contribution in [0.3, 0.4) is 0 Å². The van der Waals surface area contributed by atoms with Crippen molar-refractivity contribution in [3.63, 3.8) is 0 Å². The third-order valence-corrected chi connectivity index (χ3v) is 5.54. The lowest BCUT2D eigenvalue weighted by molar-refractivity contribution is -0.385. The fourth-order valence-electron chi connectivity index (χ4n) is 3.58. The minimum atomic E-state index is -0.566. The number of ether oxygens (including phenoxy) is 3. The third-order valence-electron chi connectivity index (χ3n) is 5.54. The Labute approximate surface area is 218 Å². The van der Waals surface area contributed by atoms with Gasteiger partial charge >= 0.3 is 11.7 Å². The van der Waals surface area contributed by atoms with E-state index < -0.39 is 16.8 Å². The van der Waals surface area contributed by atoms with Crippen LogP contribution < -0.4 is 14.8 Å². The Bertz CT molecular complexity index is 1440. The highest BCUT2D eigenvalue weighted by Gasteiger charge is 2.20. The Morgan fingerprint density at radius 3 is 1.89 bits per heavy atom. The molecule has 9 nitrogen and oxygen atoms in total. The van der Waals surface area contributed by atoms with E-state index in [-0.39, 0.29) is 41.5 Å². The second kappa shape index (κ2) is 12.2. The summed E-state index contributed by atoms with van der Waals surface area (Å²) in [5, 5.41) is 14.3. The lowest BCUT2D eigenvalue weighted by atomic mass is 10.1. The molecule has 0 aliphatic heterocycles. The predicted octanol–water partition coefficient (Wildman–Crippen LogP) is 5.79. The van der Waals surface area contributed by atoms with Crippen molar-refractivity contribution in [1.29, 1.82) is 0 Å². The first-order chi connectivity index (χ1) is 18.4. The second-order valence-corrected chi connectivity index (χ2v) is 8.14. The number of carbonyl (C=O) groups is 2. The van der Waals surface area contributed by atoms with Crippen LogP contribution in [0, 0.1) is 10.1 Å². The number of carbonyl (C=O) groups excluding carboxylic acids is 2. The Kier molecular flexibility index (Phi) is 8.30. The van der Waals surface area contributed by atoms with E-state index in [1.165, 1.54) is 43.5 Å². The number of hydrogen-bond acceptors (Lipinski definition) is 7. The molecule has 0 aromatic heterocycles. The summed E-state index contributed by atoms with van der Waals surface area (Å²) in [5.41, 5.74) is 2.16. The van der Waals surface area contributed by atoms with Crippen molar-refractivity contribution < 1.29 is 28.7 Å². The fourth-order valence-corrected chi connectivity index (χ4v) is 3.58. The number of nitro benzene ring substituents is 1. The molecule has 192 valence electrons. The van der Waals surface area contributed by atoms with Gasteiger partial charge in [-0.2, -0.15) is 0 Å². The van der Waals surface area contributed by atoms with Crippen molar-refractivity contribution >= 4 is 23.3 Å². The summed E-state index contributed by atoms with van der Waals surface area (Å²) in [4.78, 5) is 36.1. The number of nitrogens with one attached hydrogen (secondary N) is 1. The number of nitro groups is 1. The van der Waals surface area contributed by atoms with Crippen LogP contribution >= 0.6 is 0 Å². The molecule has 0 unspecified atom stereocenters. The van der Waals surface area contributed by atoms with E-state index in [4.69, 9.17) is 14.2 Å². The maximum atomic E-state index is 13.1. The van der Waals surface area contributed by atoms with Crippen LogP contribution in [0.1, 0.15) is 31.8 Å². The third kappa shape index (κ3) is 6.52. The van der Waals surface area contributed by atoms with Crippen LogP contribution in [0.15, 0.2) is 97.1 Å². The molecule has 9 heteroatoms. The molecule has 0 spiro atoms. The van der Waals surface area contributed by atoms with Gasteiger partial charge in [-0.25, -0.2) is 4.79 Å². The van der Waals surface area contributed by atoms with Gasteiger partial charge in [-0.3, -0.25) is 14.9 Å². The summed E-state index contributed by atoms with van der Waals surface area (Å²) in [5.74, 6) is -0.872. The number of esters is 1. The summed E-state index contributed by atoms with van der Waals surface area (Å²) in [6.07, 6.45) is 0. The van der Waals surface area contributed by atoms with Crippen LogP contribution in [0.2, 0.25) is 0 Å². The first kappa shape index (κ1) is 25.9. The molecule has 0 saturated carbocycles. The van der Waals surface area contributed by atoms with E-state index >= 15 is 0 Å². The minimum Gasteiger partial charge on any atom is -0.487 e. The highest BCUT2D eigenvalue weighted by Crippen LogP contribution is 2.31. The monoisotopic (exact) mass is 512 g/mol. The number of methoxy groups -OCH3 is 1. The molecule has 0 saturated heterocycles. The Morgan fingerprint density at radius 2 is 1.32 bits per heavy atom. The van der Waals surface area contributed by atoms with Gasteiger partial charge in [0.15, 0.2) is 5.75 Å². The Morgan fingerprint density at radius 1 is 0.763 bits per heavy atom. The average molecular weight is 513 g/mol. The van der Waals surface area contributed by atoms with Crippen molar-refractivity contribution in [2.45, 2.75) is 13.2 Å². The van der Waals surface area contributed by atoms with Crippen molar-refractivity contribution in [3.8, 4) is 11.5 Å². The lowest BCUT2D eigenvalue weighted by Crippen LogP contribution is -2.14. The Balaban J connectivity index is 1.57. The van der Waals surface area contributed by atoms with Gasteiger partial charge in [0, 0.05) is 17.7 Å². The van der Waals surface area contributed by atoms with Gasteiger partial charge in [-0.1, -0.05) is 60.7 Å². The molecule has 0 atom stereocenters. The highest BCUT2D eigenvalue weighted by atomic mass is 16.6. The van der Waals surface area contributed by atoms with Gasteiger partial charge in [0.1, 0.15) is 19.0 Å². The van der Waals surface area contributed by atoms with E-state index in [2.05, 4.69) is 5.32 Å². The van der Waals surface area contributed by atoms with Gasteiger partial charge in [0.2, 0.25) is 0 Å². The van der Waals surface area contributed by atoms with E-state index in [0.717, 1.165) is 11.1 Å². The largest absolute Gasteiger partial charge is 0.487 e. The molecular weight excluding hydrogens is 488 g/mol. The molecule has 0 aliphatic carbocycles. The number of hydrogen-bond donors (Lipinski definition) is 1. The SMILES string of the molecule is COC(=O)c1ccc(NC(=O)c2ccc([N+](=O)[O-])c(OCc3ccccc3)c2)c(OCc2ccccc2)c1. The van der Waals surface area contributed by atoms with Crippen molar-refractivity contribution in [1.82, 2.24) is 0 Å². The number of rotatable bonds is 10. The van der Waals surface area contributed by atoms with Crippen LogP contribution in [-0.4, -0.2) is 23.9 Å². The molecule has 0 fully saturated rings. The van der Waals surface area contributed by atoms with Crippen LogP contribution in [0.4, 0.5) is 11.4 Å². The molecular formula is C29H24N2O7. The topological polar surface area (TPSA) is 117 Å². The van der Waals surface area contributed by atoms with Gasteiger partial charge in [-0.05, 0) is 35.4 Å². The molecule has 4 aromatic carbocycles. The zero-order valence-corrected chi connectivity index (χ0v) is 20.5. The van der Waals surface area contributed by atoms with Crippen molar-refractivity contribution in [2.75, 3.05) is 12.4 Å². The normalized spacial score (nSPS) is 10.3. The quantitative estimate of drug-likeness (QED) is 0.162. The van der Waals surface area contributed by atoms with Gasteiger partial charge in [0.05, 0.1) is 23.3 Å². The van der Waals surface area contributed by atoms with E-state index in [1.807, 2.05) is 60.7 Å². The Hall–Kier alpha value is -5.18. The molecule has 4 rings (SSSR count). The number of amides is 1. The predicted molar refractivity (Wildman–Crippen MR) is 140 cm³/mol. The molecule has 38 heavy (non-hydrogen) atoms. The summed E-state index contributed by atoms with van der Waals surface area (Å²) in [7, 11) is 1.27. The standard InChI is InChI=1S/C29H24N2O7/c1-36-29(33)23-12-14-24(26(17-23)37-18-20-8-4-2-5-9-20)30-28(32)22-13-15-25(31(34)35)27(16-22)38-19-21-10-6-3-7-11-21/h2-17H,18-19H2,1H3,(H,30,32). The summed E-state index contributed by atoms with van der Waals surface area (Å²) < 4.78 is 16.4. The number of nitrogens with zero attached hydrogens (tertiary/aromatic N) is 1. The van der Waals surface area contributed by atoms with Crippen molar-refractivity contribution in [3.05, 3.63) is 129 Å². The summed E-state index contributed by atoms with van der Waals surface area (Å²) in [6.45, 7) is 0.294. The first-order valence-electron chi connectivity index (χ1n) is 11.6. The first-order valence-corrected chi connectivity index (χ1v) is 11.6. The van der Waals surface area contributed by atoms with Gasteiger partial charge < -0.3 is 19.5 Å². The fraction of sp³-hybridized carbons (Fsp3) is 0.103.